The van der Waals surface area contributed by atoms with E-state index in [1.165, 1.54) is 16.9 Å². The maximum Gasteiger partial charge on any atom is 0.238 e. The van der Waals surface area contributed by atoms with E-state index in [2.05, 4.69) is 21.5 Å². The van der Waals surface area contributed by atoms with Crippen LogP contribution in [0, 0.1) is 6.92 Å². The van der Waals surface area contributed by atoms with Gasteiger partial charge in [0.25, 0.3) is 0 Å². The van der Waals surface area contributed by atoms with Gasteiger partial charge in [-0.15, -0.1) is 0 Å². The van der Waals surface area contributed by atoms with E-state index in [1.807, 2.05) is 37.3 Å². The molecule has 1 aliphatic carbocycles. The molecular weight excluding hydrogens is 394 g/mol. The standard InChI is InChI=1S/C21H16ClN3O2S/c1-12-2-7-15-17(10-12)28-20(23-15)24-19(26)21(8-9-21)18-11-16(27-25-18)13-3-5-14(22)6-4-13/h2-7,10-11H,8-9H2,1H3,(H,23,24,26). The Balaban J connectivity index is 1.39. The van der Waals surface area contributed by atoms with Crippen LogP contribution >= 0.6 is 22.9 Å². The molecule has 2 aromatic carbocycles. The number of nitrogens with one attached hydrogen (secondary N) is 1. The van der Waals surface area contributed by atoms with E-state index in [-0.39, 0.29) is 5.91 Å². The number of rotatable bonds is 4. The summed E-state index contributed by atoms with van der Waals surface area (Å²) in [6.45, 7) is 2.04. The third kappa shape index (κ3) is 2.99. The van der Waals surface area contributed by atoms with E-state index < -0.39 is 5.41 Å². The van der Waals surface area contributed by atoms with Gasteiger partial charge in [0.15, 0.2) is 10.9 Å². The SMILES string of the molecule is Cc1ccc2nc(NC(=O)C3(c4cc(-c5ccc(Cl)cc5)on4)CC3)sc2c1. The minimum Gasteiger partial charge on any atom is -0.356 e. The number of nitrogens with zero attached hydrogens (tertiary/aromatic N) is 2. The molecule has 4 aromatic rings. The average molecular weight is 410 g/mol. The highest BCUT2D eigenvalue weighted by atomic mass is 35.5. The molecule has 0 atom stereocenters. The first-order valence-electron chi connectivity index (χ1n) is 8.95. The second-order valence-corrected chi connectivity index (χ2v) is 8.58. The lowest BCUT2D eigenvalue weighted by Crippen LogP contribution is -2.28. The first-order chi connectivity index (χ1) is 13.5. The fraction of sp³-hybridized carbons (Fsp3) is 0.190. The molecule has 0 spiro atoms. The van der Waals surface area contributed by atoms with Crippen molar-refractivity contribution in [1.29, 1.82) is 0 Å². The van der Waals surface area contributed by atoms with Crippen LogP contribution in [0.15, 0.2) is 53.1 Å². The highest BCUT2D eigenvalue weighted by Crippen LogP contribution is 2.49. The Hall–Kier alpha value is -2.70. The van der Waals surface area contributed by atoms with Crippen LogP contribution in [0.4, 0.5) is 5.13 Å². The molecule has 0 saturated heterocycles. The average Bonchev–Trinajstić information content (AvgIpc) is 3.17. The number of benzene rings is 2. The quantitative estimate of drug-likeness (QED) is 0.477. The smallest absolute Gasteiger partial charge is 0.238 e. The highest BCUT2D eigenvalue weighted by molar-refractivity contribution is 7.22. The lowest BCUT2D eigenvalue weighted by molar-refractivity contribution is -0.118. The first kappa shape index (κ1) is 17.4. The molecule has 140 valence electrons. The zero-order valence-corrected chi connectivity index (χ0v) is 16.6. The van der Waals surface area contributed by atoms with Gasteiger partial charge >= 0.3 is 0 Å². The van der Waals surface area contributed by atoms with Crippen molar-refractivity contribution < 1.29 is 9.32 Å². The maximum atomic E-state index is 13.0. The topological polar surface area (TPSA) is 68.0 Å². The summed E-state index contributed by atoms with van der Waals surface area (Å²) in [6, 6.07) is 15.2. The summed E-state index contributed by atoms with van der Waals surface area (Å²) in [4.78, 5) is 17.5. The molecular formula is C21H16ClN3O2S. The summed E-state index contributed by atoms with van der Waals surface area (Å²) >= 11 is 7.42. The lowest BCUT2D eigenvalue weighted by atomic mass is 10.0. The highest BCUT2D eigenvalue weighted by Gasteiger charge is 2.54. The fourth-order valence-corrected chi connectivity index (χ4v) is 4.36. The third-order valence-electron chi connectivity index (χ3n) is 5.08. The zero-order chi connectivity index (χ0) is 19.3. The van der Waals surface area contributed by atoms with Crippen LogP contribution in [0.2, 0.25) is 5.02 Å². The lowest BCUT2D eigenvalue weighted by Gasteiger charge is -2.10. The summed E-state index contributed by atoms with van der Waals surface area (Å²) in [7, 11) is 0. The molecule has 5 rings (SSSR count). The van der Waals surface area contributed by atoms with Crippen molar-refractivity contribution >= 4 is 44.2 Å². The van der Waals surface area contributed by atoms with Crippen molar-refractivity contribution in [3.05, 3.63) is 64.8 Å². The van der Waals surface area contributed by atoms with Crippen molar-refractivity contribution in [3.63, 3.8) is 0 Å². The third-order valence-corrected chi connectivity index (χ3v) is 6.26. The fourth-order valence-electron chi connectivity index (χ4n) is 3.28. The van der Waals surface area contributed by atoms with Crippen LogP contribution in [-0.4, -0.2) is 16.0 Å². The summed E-state index contributed by atoms with van der Waals surface area (Å²) in [6.07, 6.45) is 1.49. The molecule has 0 unspecified atom stereocenters. The molecule has 1 N–H and O–H groups in total. The summed E-state index contributed by atoms with van der Waals surface area (Å²) in [5.41, 5.74) is 2.96. The van der Waals surface area contributed by atoms with Crippen LogP contribution in [-0.2, 0) is 10.2 Å². The predicted octanol–water partition coefficient (Wildman–Crippen LogP) is 5.58. The van der Waals surface area contributed by atoms with Gasteiger partial charge in [-0.1, -0.05) is 34.2 Å². The Morgan fingerprint density at radius 1 is 1.18 bits per heavy atom. The number of halogens is 1. The number of fused-ring (bicyclic) bond motifs is 1. The zero-order valence-electron chi connectivity index (χ0n) is 15.0. The molecule has 1 saturated carbocycles. The molecule has 5 nitrogen and oxygen atoms in total. The largest absolute Gasteiger partial charge is 0.356 e. The van der Waals surface area contributed by atoms with Gasteiger partial charge < -0.3 is 9.84 Å². The van der Waals surface area contributed by atoms with Crippen LogP contribution in [0.25, 0.3) is 21.5 Å². The number of aromatic nitrogens is 2. The van der Waals surface area contributed by atoms with Gasteiger partial charge in [0.2, 0.25) is 5.91 Å². The van der Waals surface area contributed by atoms with Gasteiger partial charge in [-0.2, -0.15) is 0 Å². The van der Waals surface area contributed by atoms with Crippen LogP contribution in [0.5, 0.6) is 0 Å². The number of anilines is 1. The van der Waals surface area contributed by atoms with E-state index in [9.17, 15) is 4.79 Å². The Morgan fingerprint density at radius 2 is 1.96 bits per heavy atom. The number of aryl methyl sites for hydroxylation is 1. The van der Waals surface area contributed by atoms with Crippen molar-refractivity contribution in [2.45, 2.75) is 25.2 Å². The van der Waals surface area contributed by atoms with Gasteiger partial charge in [0.05, 0.1) is 21.3 Å². The van der Waals surface area contributed by atoms with E-state index in [4.69, 9.17) is 16.1 Å². The normalized spacial score (nSPS) is 14.9. The van der Waals surface area contributed by atoms with E-state index in [0.29, 0.717) is 21.6 Å². The molecule has 0 aliphatic heterocycles. The van der Waals surface area contributed by atoms with Crippen molar-refractivity contribution in [2.75, 3.05) is 5.32 Å². The minimum atomic E-state index is -0.637. The second-order valence-electron chi connectivity index (χ2n) is 7.11. The molecule has 28 heavy (non-hydrogen) atoms. The van der Waals surface area contributed by atoms with E-state index in [0.717, 1.165) is 28.6 Å². The number of carbonyl (C=O) groups is 1. The molecule has 2 heterocycles. The van der Waals surface area contributed by atoms with Crippen molar-refractivity contribution in [3.8, 4) is 11.3 Å². The molecule has 1 fully saturated rings. The van der Waals surface area contributed by atoms with Crippen molar-refractivity contribution in [1.82, 2.24) is 10.1 Å². The monoisotopic (exact) mass is 409 g/mol. The minimum absolute atomic E-state index is 0.0840. The van der Waals surface area contributed by atoms with E-state index >= 15 is 0 Å². The molecule has 0 bridgehead atoms. The molecule has 1 aliphatic rings. The van der Waals surface area contributed by atoms with Crippen LogP contribution < -0.4 is 5.32 Å². The van der Waals surface area contributed by atoms with E-state index in [1.54, 1.807) is 12.1 Å². The summed E-state index contributed by atoms with van der Waals surface area (Å²) in [5, 5.41) is 8.43. The number of hydrogen-bond donors (Lipinski definition) is 1. The van der Waals surface area contributed by atoms with Gasteiger partial charge in [0.1, 0.15) is 0 Å². The Labute approximate surface area is 170 Å². The summed E-state index contributed by atoms with van der Waals surface area (Å²) in [5.74, 6) is 0.542. The molecule has 0 radical (unpaired) electrons. The first-order valence-corrected chi connectivity index (χ1v) is 10.1. The number of amides is 1. The summed E-state index contributed by atoms with van der Waals surface area (Å²) < 4.78 is 6.55. The van der Waals surface area contributed by atoms with Gasteiger partial charge in [-0.3, -0.25) is 4.79 Å². The maximum absolute atomic E-state index is 13.0. The van der Waals surface area contributed by atoms with Crippen LogP contribution in [0.1, 0.15) is 24.1 Å². The molecule has 1 amide bonds. The van der Waals surface area contributed by atoms with Gasteiger partial charge in [0, 0.05) is 16.7 Å². The van der Waals surface area contributed by atoms with Crippen molar-refractivity contribution in [2.24, 2.45) is 0 Å². The Kier molecular flexibility index (Phi) is 4.00. The number of thiazole rings is 1. The van der Waals surface area contributed by atoms with Crippen LogP contribution in [0.3, 0.4) is 0 Å². The second kappa shape index (κ2) is 6.43. The van der Waals surface area contributed by atoms with Gasteiger partial charge in [-0.25, -0.2) is 4.98 Å². The Morgan fingerprint density at radius 3 is 2.71 bits per heavy atom. The number of hydrogen-bond acceptors (Lipinski definition) is 5. The number of carbonyl (C=O) groups excluding carboxylic acids is 1. The molecule has 2 aromatic heterocycles. The predicted molar refractivity (Wildman–Crippen MR) is 111 cm³/mol. The Bertz CT molecular complexity index is 1190. The van der Waals surface area contributed by atoms with Gasteiger partial charge in [-0.05, 0) is 61.7 Å². The molecule has 7 heteroatoms.